The predicted octanol–water partition coefficient (Wildman–Crippen LogP) is 2.22. The van der Waals surface area contributed by atoms with E-state index < -0.39 is 0 Å². The summed E-state index contributed by atoms with van der Waals surface area (Å²) in [5.41, 5.74) is 3.65. The smallest absolute Gasteiger partial charge is 0.322 e. The van der Waals surface area contributed by atoms with E-state index in [1.165, 1.54) is 23.9 Å². The lowest BCUT2D eigenvalue weighted by atomic mass is 9.74. The molecule has 4 nitrogen and oxygen atoms in total. The van der Waals surface area contributed by atoms with Crippen LogP contribution in [0.4, 0.5) is 5.69 Å². The SMILES string of the molecule is COC(=O)[C@@H]1C[C@@]2(CNc3ccccc32)[C@@H](C=C(C)C)N1. The fraction of sp³-hybridized carbons (Fsp3) is 0.471. The molecular formula is C17H22N2O2. The van der Waals surface area contributed by atoms with Gasteiger partial charge in [0.25, 0.3) is 0 Å². The first-order valence-corrected chi connectivity index (χ1v) is 7.39. The van der Waals surface area contributed by atoms with Crippen molar-refractivity contribution >= 4 is 11.7 Å². The van der Waals surface area contributed by atoms with Crippen LogP contribution in [0.15, 0.2) is 35.9 Å². The standard InChI is InChI=1S/C17H22N2O2/c1-11(2)8-15-17(9-14(19-15)16(20)21-3)10-18-13-7-5-4-6-12(13)17/h4-8,14-15,18-19H,9-10H2,1-3H3/t14-,15+,17-/m0/s1. The maximum absolute atomic E-state index is 12.0. The van der Waals surface area contributed by atoms with E-state index in [2.05, 4.69) is 48.8 Å². The number of allylic oxidation sites excluding steroid dienone is 1. The number of nitrogens with one attached hydrogen (secondary N) is 2. The number of ether oxygens (including phenoxy) is 1. The highest BCUT2D eigenvalue weighted by molar-refractivity contribution is 5.77. The van der Waals surface area contributed by atoms with Gasteiger partial charge in [-0.05, 0) is 31.9 Å². The molecule has 0 radical (unpaired) electrons. The molecule has 0 aliphatic carbocycles. The second-order valence-electron chi connectivity index (χ2n) is 6.22. The molecule has 0 saturated carbocycles. The Balaban J connectivity index is 2.03. The molecule has 1 spiro atoms. The molecule has 2 aliphatic rings. The van der Waals surface area contributed by atoms with Gasteiger partial charge in [-0.1, -0.05) is 29.8 Å². The average molecular weight is 286 g/mol. The van der Waals surface area contributed by atoms with Crippen LogP contribution in [-0.4, -0.2) is 31.7 Å². The van der Waals surface area contributed by atoms with Crippen molar-refractivity contribution in [1.29, 1.82) is 0 Å². The molecule has 2 heterocycles. The predicted molar refractivity (Wildman–Crippen MR) is 83.4 cm³/mol. The summed E-state index contributed by atoms with van der Waals surface area (Å²) in [6.45, 7) is 5.03. The normalized spacial score (nSPS) is 29.9. The lowest BCUT2D eigenvalue weighted by Crippen LogP contribution is -2.41. The van der Waals surface area contributed by atoms with Crippen molar-refractivity contribution in [3.8, 4) is 0 Å². The number of rotatable bonds is 2. The van der Waals surface area contributed by atoms with E-state index in [9.17, 15) is 4.79 Å². The second-order valence-corrected chi connectivity index (χ2v) is 6.22. The van der Waals surface area contributed by atoms with Gasteiger partial charge in [-0.3, -0.25) is 10.1 Å². The molecule has 112 valence electrons. The monoisotopic (exact) mass is 286 g/mol. The number of hydrogen-bond acceptors (Lipinski definition) is 4. The molecule has 0 unspecified atom stereocenters. The van der Waals surface area contributed by atoms with Gasteiger partial charge in [-0.2, -0.15) is 0 Å². The average Bonchev–Trinajstić information content (AvgIpc) is 3.02. The fourth-order valence-corrected chi connectivity index (χ4v) is 3.64. The second kappa shape index (κ2) is 5.19. The molecular weight excluding hydrogens is 264 g/mol. The van der Waals surface area contributed by atoms with Crippen LogP contribution in [0.3, 0.4) is 0 Å². The summed E-state index contributed by atoms with van der Waals surface area (Å²) >= 11 is 0. The lowest BCUT2D eigenvalue weighted by molar-refractivity contribution is -0.142. The third kappa shape index (κ3) is 2.23. The first-order valence-electron chi connectivity index (χ1n) is 7.39. The zero-order chi connectivity index (χ0) is 15.0. The Hall–Kier alpha value is -1.81. The summed E-state index contributed by atoms with van der Waals surface area (Å²) < 4.78 is 4.94. The van der Waals surface area contributed by atoms with E-state index in [0.29, 0.717) is 0 Å². The number of methoxy groups -OCH3 is 1. The molecule has 3 atom stereocenters. The van der Waals surface area contributed by atoms with Crippen LogP contribution in [0.5, 0.6) is 0 Å². The number of carbonyl (C=O) groups is 1. The summed E-state index contributed by atoms with van der Waals surface area (Å²) in [6, 6.07) is 8.28. The van der Waals surface area contributed by atoms with Crippen LogP contribution in [0.2, 0.25) is 0 Å². The van der Waals surface area contributed by atoms with Crippen molar-refractivity contribution in [2.75, 3.05) is 19.0 Å². The zero-order valence-electron chi connectivity index (χ0n) is 12.8. The fourth-order valence-electron chi connectivity index (χ4n) is 3.64. The summed E-state index contributed by atoms with van der Waals surface area (Å²) in [7, 11) is 1.45. The molecule has 4 heteroatoms. The molecule has 2 N–H and O–H groups in total. The number of para-hydroxylation sites is 1. The molecule has 0 amide bonds. The van der Waals surface area contributed by atoms with Crippen molar-refractivity contribution in [1.82, 2.24) is 5.32 Å². The van der Waals surface area contributed by atoms with Gasteiger partial charge in [-0.25, -0.2) is 0 Å². The van der Waals surface area contributed by atoms with Crippen LogP contribution >= 0.6 is 0 Å². The highest BCUT2D eigenvalue weighted by atomic mass is 16.5. The molecule has 0 aromatic heterocycles. The highest BCUT2D eigenvalue weighted by Gasteiger charge is 2.52. The van der Waals surface area contributed by atoms with E-state index >= 15 is 0 Å². The Morgan fingerprint density at radius 3 is 2.86 bits per heavy atom. The van der Waals surface area contributed by atoms with Gasteiger partial charge < -0.3 is 10.1 Å². The number of esters is 1. The number of fused-ring (bicyclic) bond motifs is 2. The van der Waals surface area contributed by atoms with Crippen molar-refractivity contribution < 1.29 is 9.53 Å². The van der Waals surface area contributed by atoms with Crippen molar-refractivity contribution in [2.45, 2.75) is 37.8 Å². The lowest BCUT2D eigenvalue weighted by Gasteiger charge is -2.29. The molecule has 21 heavy (non-hydrogen) atoms. The van der Waals surface area contributed by atoms with Crippen molar-refractivity contribution in [3.63, 3.8) is 0 Å². The number of hydrogen-bond donors (Lipinski definition) is 2. The molecule has 1 saturated heterocycles. The molecule has 0 bridgehead atoms. The van der Waals surface area contributed by atoms with Crippen molar-refractivity contribution in [3.05, 3.63) is 41.5 Å². The molecule has 1 aromatic rings. The summed E-state index contributed by atoms with van der Waals surface area (Å²) in [4.78, 5) is 12.0. The number of benzene rings is 1. The Morgan fingerprint density at radius 2 is 2.14 bits per heavy atom. The topological polar surface area (TPSA) is 50.4 Å². The first-order chi connectivity index (χ1) is 10.1. The van der Waals surface area contributed by atoms with E-state index in [1.54, 1.807) is 0 Å². The molecule has 2 aliphatic heterocycles. The Bertz CT molecular complexity index is 592. The van der Waals surface area contributed by atoms with Crippen LogP contribution < -0.4 is 10.6 Å². The quantitative estimate of drug-likeness (QED) is 0.646. The Kier molecular flexibility index (Phi) is 3.49. The Morgan fingerprint density at radius 1 is 1.38 bits per heavy atom. The zero-order valence-corrected chi connectivity index (χ0v) is 12.8. The van der Waals surface area contributed by atoms with Gasteiger partial charge in [0, 0.05) is 23.7 Å². The minimum atomic E-state index is -0.247. The molecule has 3 rings (SSSR count). The molecule has 1 fully saturated rings. The summed E-state index contributed by atoms with van der Waals surface area (Å²) in [6.07, 6.45) is 2.99. The summed E-state index contributed by atoms with van der Waals surface area (Å²) in [5.74, 6) is -0.177. The van der Waals surface area contributed by atoms with E-state index in [1.807, 2.05) is 6.07 Å². The first kappa shape index (κ1) is 14.1. The van der Waals surface area contributed by atoms with Gasteiger partial charge in [0.2, 0.25) is 0 Å². The van der Waals surface area contributed by atoms with E-state index in [-0.39, 0.29) is 23.5 Å². The number of anilines is 1. The van der Waals surface area contributed by atoms with Gasteiger partial charge in [-0.15, -0.1) is 0 Å². The molecule has 1 aromatic carbocycles. The van der Waals surface area contributed by atoms with E-state index in [4.69, 9.17) is 4.74 Å². The third-order valence-electron chi connectivity index (χ3n) is 4.59. The van der Waals surface area contributed by atoms with E-state index in [0.717, 1.165) is 13.0 Å². The third-order valence-corrected chi connectivity index (χ3v) is 4.59. The van der Waals surface area contributed by atoms with Crippen LogP contribution in [0.1, 0.15) is 25.8 Å². The Labute approximate surface area is 125 Å². The van der Waals surface area contributed by atoms with Gasteiger partial charge in [0.05, 0.1) is 7.11 Å². The van der Waals surface area contributed by atoms with Gasteiger partial charge >= 0.3 is 5.97 Å². The largest absolute Gasteiger partial charge is 0.468 e. The van der Waals surface area contributed by atoms with Crippen LogP contribution in [0.25, 0.3) is 0 Å². The highest BCUT2D eigenvalue weighted by Crippen LogP contribution is 2.46. The maximum Gasteiger partial charge on any atom is 0.322 e. The maximum atomic E-state index is 12.0. The minimum absolute atomic E-state index is 0.0767. The van der Waals surface area contributed by atoms with Gasteiger partial charge in [0.1, 0.15) is 6.04 Å². The van der Waals surface area contributed by atoms with Crippen molar-refractivity contribution in [2.24, 2.45) is 0 Å². The number of carbonyl (C=O) groups excluding carboxylic acids is 1. The minimum Gasteiger partial charge on any atom is -0.468 e. The summed E-state index contributed by atoms with van der Waals surface area (Å²) in [5, 5.41) is 6.95. The van der Waals surface area contributed by atoms with Gasteiger partial charge in [0.15, 0.2) is 0 Å². The van der Waals surface area contributed by atoms with Crippen LogP contribution in [-0.2, 0) is 14.9 Å². The van der Waals surface area contributed by atoms with Crippen LogP contribution in [0, 0.1) is 0 Å².